The Morgan fingerprint density at radius 2 is 0.186 bits per heavy atom. The van der Waals surface area contributed by atoms with Crippen LogP contribution in [0.2, 0.25) is 0 Å². The van der Waals surface area contributed by atoms with Crippen molar-refractivity contribution in [3.8, 4) is 100 Å². The van der Waals surface area contributed by atoms with E-state index in [1.165, 1.54) is 77.9 Å². The topological polar surface area (TPSA) is 6.48 Å². The Morgan fingerprint density at radius 3 is 0.302 bits per heavy atom. The Bertz CT molecular complexity index is 4390. The van der Waals surface area contributed by atoms with Crippen molar-refractivity contribution in [3.63, 3.8) is 0 Å². The summed E-state index contributed by atoms with van der Waals surface area (Å²) in [5.74, 6) is 0. The van der Waals surface area contributed by atoms with Crippen LogP contribution in [0.5, 0.6) is 0 Å². The minimum atomic E-state index is 1.08. The molecular formula is C84H60N2. The van der Waals surface area contributed by atoms with Gasteiger partial charge >= 0.3 is 0 Å². The number of benzene rings is 14. The van der Waals surface area contributed by atoms with Crippen LogP contribution in [-0.2, 0) is 0 Å². The van der Waals surface area contributed by atoms with E-state index in [-0.39, 0.29) is 0 Å². The maximum Gasteiger partial charge on any atom is 0.0462 e. The van der Waals surface area contributed by atoms with Crippen LogP contribution >= 0.6 is 0 Å². The number of hydrogen-bond acceptors (Lipinski definition) is 2. The van der Waals surface area contributed by atoms with E-state index >= 15 is 0 Å². The van der Waals surface area contributed by atoms with Crippen LogP contribution in [0.1, 0.15) is 0 Å². The molecule has 14 rings (SSSR count). The highest BCUT2D eigenvalue weighted by molar-refractivity contribution is 5.85. The van der Waals surface area contributed by atoms with Crippen LogP contribution in [0, 0.1) is 0 Å². The zero-order chi connectivity index (χ0) is 57.4. The second-order valence-corrected chi connectivity index (χ2v) is 21.7. The zero-order valence-electron chi connectivity index (χ0n) is 47.5. The molecule has 0 aliphatic heterocycles. The first-order chi connectivity index (χ1) is 42.6. The van der Waals surface area contributed by atoms with Gasteiger partial charge in [0, 0.05) is 34.1 Å². The third-order valence-corrected chi connectivity index (χ3v) is 16.4. The SMILES string of the molecule is c1ccc(-c2ccc(-c3ccc(-c4ccc(N(c5ccc(-c6ccc(-c7ccccc7)cc6)cc5)c5ccc(-c6ccc(-c7ccc(N(c8ccc(-c9ccccc9)cc8)c8ccc(-c9ccccc9)cc8)cc7)cc6)cc5)cc4)cc3)cc2)cc1. The van der Waals surface area contributed by atoms with Gasteiger partial charge in [0.1, 0.15) is 0 Å². The molecule has 0 radical (unpaired) electrons. The summed E-state index contributed by atoms with van der Waals surface area (Å²) in [7, 11) is 0. The summed E-state index contributed by atoms with van der Waals surface area (Å²) in [5, 5.41) is 0. The van der Waals surface area contributed by atoms with E-state index in [0.29, 0.717) is 0 Å². The maximum absolute atomic E-state index is 2.35. The molecule has 0 unspecified atom stereocenters. The quantitative estimate of drug-likeness (QED) is 0.101. The van der Waals surface area contributed by atoms with E-state index in [1.54, 1.807) is 0 Å². The minimum Gasteiger partial charge on any atom is -0.311 e. The van der Waals surface area contributed by atoms with Crippen molar-refractivity contribution in [2.24, 2.45) is 0 Å². The summed E-state index contributed by atoms with van der Waals surface area (Å²) >= 11 is 0. The molecule has 0 N–H and O–H groups in total. The summed E-state index contributed by atoms with van der Waals surface area (Å²) in [6.07, 6.45) is 0. The van der Waals surface area contributed by atoms with Crippen LogP contribution in [0.15, 0.2) is 364 Å². The van der Waals surface area contributed by atoms with Gasteiger partial charge in [-0.2, -0.15) is 0 Å². The second kappa shape index (κ2) is 24.3. The lowest BCUT2D eigenvalue weighted by Crippen LogP contribution is -2.09. The van der Waals surface area contributed by atoms with Gasteiger partial charge in [0.05, 0.1) is 0 Å². The minimum absolute atomic E-state index is 1.08. The molecule has 2 nitrogen and oxygen atoms in total. The number of nitrogens with zero attached hydrogens (tertiary/aromatic N) is 2. The Morgan fingerprint density at radius 1 is 0.0930 bits per heavy atom. The van der Waals surface area contributed by atoms with Crippen LogP contribution in [-0.4, -0.2) is 0 Å². The van der Waals surface area contributed by atoms with Crippen molar-refractivity contribution in [3.05, 3.63) is 364 Å². The standard InChI is InChI=1S/C84H60N2/c1-5-13-61(14-6-1)65-21-25-67(26-22-65)68-29-31-70(32-30-68)76-43-57-83(58-44-76)86(82-53-41-75(42-54-82)69-27-23-66(24-28-69)62-15-7-2-8-16-62)84-59-47-78(48-60-84)72-35-33-71(34-36-72)77-45-55-81(56-46-77)85(79-49-37-73(38-50-79)63-17-9-3-10-18-63)80-51-39-74(40-52-80)64-19-11-4-12-20-64/h1-60H. The van der Waals surface area contributed by atoms with Gasteiger partial charge in [-0.1, -0.05) is 291 Å². The van der Waals surface area contributed by atoms with Crippen molar-refractivity contribution in [2.75, 3.05) is 9.80 Å². The molecule has 0 saturated heterocycles. The number of anilines is 6. The fourth-order valence-electron chi connectivity index (χ4n) is 11.7. The van der Waals surface area contributed by atoms with Crippen LogP contribution in [0.3, 0.4) is 0 Å². The van der Waals surface area contributed by atoms with Crippen molar-refractivity contribution in [1.82, 2.24) is 0 Å². The molecule has 0 aromatic heterocycles. The van der Waals surface area contributed by atoms with E-state index < -0.39 is 0 Å². The van der Waals surface area contributed by atoms with Crippen molar-refractivity contribution >= 4 is 34.1 Å². The molecule has 0 heterocycles. The Kier molecular flexibility index (Phi) is 14.9. The first-order valence-electron chi connectivity index (χ1n) is 29.4. The van der Waals surface area contributed by atoms with Gasteiger partial charge in [-0.25, -0.2) is 0 Å². The molecule has 406 valence electrons. The van der Waals surface area contributed by atoms with E-state index in [1.807, 2.05) is 0 Å². The monoisotopic (exact) mass is 1100 g/mol. The summed E-state index contributed by atoms with van der Waals surface area (Å²) in [6, 6.07) is 131. The molecule has 2 heteroatoms. The molecule has 0 spiro atoms. The molecule has 86 heavy (non-hydrogen) atoms. The highest BCUT2D eigenvalue weighted by atomic mass is 15.1. The normalized spacial score (nSPS) is 11.0. The fourth-order valence-corrected chi connectivity index (χ4v) is 11.7. The Balaban J connectivity index is 0.718. The van der Waals surface area contributed by atoms with Gasteiger partial charge in [-0.3, -0.25) is 0 Å². The lowest BCUT2D eigenvalue weighted by atomic mass is 9.98. The van der Waals surface area contributed by atoms with Crippen molar-refractivity contribution in [2.45, 2.75) is 0 Å². The number of rotatable bonds is 15. The first kappa shape index (κ1) is 52.7. The highest BCUT2D eigenvalue weighted by Crippen LogP contribution is 2.41. The van der Waals surface area contributed by atoms with Gasteiger partial charge in [0.25, 0.3) is 0 Å². The predicted octanol–water partition coefficient (Wildman–Crippen LogP) is 23.6. The zero-order valence-corrected chi connectivity index (χ0v) is 47.5. The van der Waals surface area contributed by atoms with Crippen LogP contribution in [0.4, 0.5) is 34.1 Å². The molecule has 14 aromatic rings. The largest absolute Gasteiger partial charge is 0.311 e. The van der Waals surface area contributed by atoms with E-state index in [2.05, 4.69) is 374 Å². The Labute approximate surface area is 505 Å². The van der Waals surface area contributed by atoms with Gasteiger partial charge < -0.3 is 9.80 Å². The maximum atomic E-state index is 2.35. The summed E-state index contributed by atoms with van der Waals surface area (Å²) < 4.78 is 0. The molecule has 0 bridgehead atoms. The van der Waals surface area contributed by atoms with Crippen LogP contribution in [0.25, 0.3) is 100 Å². The van der Waals surface area contributed by atoms with E-state index in [4.69, 9.17) is 0 Å². The van der Waals surface area contributed by atoms with Gasteiger partial charge in [0.2, 0.25) is 0 Å². The Hall–Kier alpha value is -11.3. The smallest absolute Gasteiger partial charge is 0.0462 e. The molecule has 0 saturated carbocycles. The van der Waals surface area contributed by atoms with E-state index in [0.717, 1.165) is 56.4 Å². The predicted molar refractivity (Wildman–Crippen MR) is 365 cm³/mol. The van der Waals surface area contributed by atoms with Gasteiger partial charge in [-0.15, -0.1) is 0 Å². The average Bonchev–Trinajstić information content (AvgIpc) is 2.95. The van der Waals surface area contributed by atoms with Gasteiger partial charge in [-0.05, 0) is 173 Å². The summed E-state index contributed by atoms with van der Waals surface area (Å²) in [4.78, 5) is 4.69. The molecular weight excluding hydrogens is 1040 g/mol. The fraction of sp³-hybridized carbons (Fsp3) is 0. The molecule has 0 atom stereocenters. The molecule has 0 aliphatic rings. The first-order valence-corrected chi connectivity index (χ1v) is 29.4. The highest BCUT2D eigenvalue weighted by Gasteiger charge is 2.17. The van der Waals surface area contributed by atoms with E-state index in [9.17, 15) is 0 Å². The lowest BCUT2D eigenvalue weighted by Gasteiger charge is -2.26. The molecule has 14 aromatic carbocycles. The summed E-state index contributed by atoms with van der Waals surface area (Å²) in [6.45, 7) is 0. The van der Waals surface area contributed by atoms with Crippen molar-refractivity contribution in [1.29, 1.82) is 0 Å². The lowest BCUT2D eigenvalue weighted by molar-refractivity contribution is 1.28. The van der Waals surface area contributed by atoms with Crippen molar-refractivity contribution < 1.29 is 0 Å². The van der Waals surface area contributed by atoms with Gasteiger partial charge in [0.15, 0.2) is 0 Å². The average molecular weight is 1100 g/mol. The molecule has 0 amide bonds. The molecule has 0 fully saturated rings. The second-order valence-electron chi connectivity index (χ2n) is 21.7. The number of hydrogen-bond donors (Lipinski definition) is 0. The molecule has 0 aliphatic carbocycles. The third kappa shape index (κ3) is 11.4. The third-order valence-electron chi connectivity index (χ3n) is 16.4. The summed E-state index contributed by atoms with van der Waals surface area (Å²) in [5.41, 5.74) is 27.9. The van der Waals surface area contributed by atoms with Crippen LogP contribution < -0.4 is 9.80 Å².